The third-order valence-electron chi connectivity index (χ3n) is 2.82. The average molecular weight is 332 g/mol. The molecule has 1 amide bonds. The van der Waals surface area contributed by atoms with Crippen LogP contribution in [0.1, 0.15) is 10.4 Å². The molecule has 0 aromatic heterocycles. The number of nitro groups is 1. The lowest BCUT2D eigenvalue weighted by atomic mass is 10.1. The van der Waals surface area contributed by atoms with Gasteiger partial charge in [-0.05, 0) is 36.4 Å². The monoisotopic (exact) mass is 331 g/mol. The van der Waals surface area contributed by atoms with Crippen LogP contribution >= 0.6 is 11.6 Å². The van der Waals surface area contributed by atoms with Gasteiger partial charge in [-0.1, -0.05) is 11.6 Å². The Morgan fingerprint density at radius 1 is 1.30 bits per heavy atom. The van der Waals surface area contributed by atoms with Gasteiger partial charge in [0.05, 0.1) is 4.92 Å². The Hall–Kier alpha value is -3.11. The first-order chi connectivity index (χ1) is 11.0. The molecule has 2 rings (SSSR count). The summed E-state index contributed by atoms with van der Waals surface area (Å²) in [6, 6.07) is 11.9. The Labute approximate surface area is 136 Å². The van der Waals surface area contributed by atoms with E-state index in [0.717, 1.165) is 6.07 Å². The van der Waals surface area contributed by atoms with E-state index in [4.69, 9.17) is 21.6 Å². The summed E-state index contributed by atoms with van der Waals surface area (Å²) in [5.41, 5.74) is -0.0308. The molecule has 0 saturated carbocycles. The topological polar surface area (TPSA) is 105 Å². The van der Waals surface area contributed by atoms with Gasteiger partial charge in [-0.15, -0.1) is 0 Å². The van der Waals surface area contributed by atoms with Crippen LogP contribution in [0.5, 0.6) is 5.75 Å². The normalized spacial score (nSPS) is 9.74. The molecule has 0 aliphatic rings. The maximum atomic E-state index is 12.2. The molecular formula is C15H10ClN3O4. The lowest BCUT2D eigenvalue weighted by Gasteiger charge is -2.07. The standard InChI is InChI=1S/C15H10ClN3O4/c16-10-1-6-13(14(9-10)19(21)22)15(20)18-11-2-4-12(5-3-11)23-8-7-17/h1-6,9H,8H2,(H,18,20). The number of nitro benzene ring substituents is 1. The second-order valence-electron chi connectivity index (χ2n) is 4.34. The van der Waals surface area contributed by atoms with Crippen LogP contribution in [0.25, 0.3) is 0 Å². The number of amides is 1. The number of nitriles is 1. The maximum absolute atomic E-state index is 12.2. The van der Waals surface area contributed by atoms with Crippen molar-refractivity contribution < 1.29 is 14.5 Å². The quantitative estimate of drug-likeness (QED) is 0.667. The van der Waals surface area contributed by atoms with Gasteiger partial charge in [-0.2, -0.15) is 5.26 Å². The Morgan fingerprint density at radius 2 is 2.00 bits per heavy atom. The molecular weight excluding hydrogens is 322 g/mol. The van der Waals surface area contributed by atoms with E-state index in [2.05, 4.69) is 5.32 Å². The summed E-state index contributed by atoms with van der Waals surface area (Å²) in [5.74, 6) is -0.152. The van der Waals surface area contributed by atoms with Crippen molar-refractivity contribution in [2.24, 2.45) is 0 Å². The molecule has 0 saturated heterocycles. The van der Waals surface area contributed by atoms with Crippen LogP contribution in [0.3, 0.4) is 0 Å². The van der Waals surface area contributed by atoms with Gasteiger partial charge in [0, 0.05) is 16.8 Å². The Morgan fingerprint density at radius 3 is 2.61 bits per heavy atom. The molecule has 116 valence electrons. The zero-order chi connectivity index (χ0) is 16.8. The molecule has 0 bridgehead atoms. The van der Waals surface area contributed by atoms with Crippen LogP contribution in [0, 0.1) is 21.4 Å². The Balaban J connectivity index is 2.16. The van der Waals surface area contributed by atoms with E-state index in [1.807, 2.05) is 6.07 Å². The number of rotatable bonds is 5. The molecule has 0 aliphatic heterocycles. The largest absolute Gasteiger partial charge is 0.479 e. The minimum atomic E-state index is -0.667. The highest BCUT2D eigenvalue weighted by atomic mass is 35.5. The highest BCUT2D eigenvalue weighted by Gasteiger charge is 2.20. The van der Waals surface area contributed by atoms with Crippen molar-refractivity contribution >= 4 is 28.9 Å². The van der Waals surface area contributed by atoms with E-state index in [-0.39, 0.29) is 22.9 Å². The molecule has 1 N–H and O–H groups in total. The molecule has 23 heavy (non-hydrogen) atoms. The Bertz CT molecular complexity index is 784. The molecule has 0 fully saturated rings. The van der Waals surface area contributed by atoms with E-state index in [0.29, 0.717) is 11.4 Å². The van der Waals surface area contributed by atoms with Gasteiger partial charge in [-0.25, -0.2) is 0 Å². The minimum Gasteiger partial charge on any atom is -0.479 e. The zero-order valence-electron chi connectivity index (χ0n) is 11.7. The van der Waals surface area contributed by atoms with E-state index in [1.54, 1.807) is 24.3 Å². The molecule has 0 aliphatic carbocycles. The molecule has 8 heteroatoms. The minimum absolute atomic E-state index is 0.0807. The summed E-state index contributed by atoms with van der Waals surface area (Å²) in [5, 5.41) is 22.1. The van der Waals surface area contributed by atoms with Gasteiger partial charge >= 0.3 is 0 Å². The number of halogens is 1. The second-order valence-corrected chi connectivity index (χ2v) is 4.78. The van der Waals surface area contributed by atoms with Crippen molar-refractivity contribution in [3.05, 3.63) is 63.2 Å². The van der Waals surface area contributed by atoms with E-state index < -0.39 is 10.8 Å². The number of ether oxygens (including phenoxy) is 1. The lowest BCUT2D eigenvalue weighted by Crippen LogP contribution is -2.13. The van der Waals surface area contributed by atoms with Crippen molar-refractivity contribution in [2.75, 3.05) is 11.9 Å². The third kappa shape index (κ3) is 4.18. The summed E-state index contributed by atoms with van der Waals surface area (Å²) in [7, 11) is 0. The number of nitrogens with one attached hydrogen (secondary N) is 1. The number of hydrogen-bond donors (Lipinski definition) is 1. The molecule has 0 heterocycles. The molecule has 0 spiro atoms. The van der Waals surface area contributed by atoms with Crippen LogP contribution in [-0.2, 0) is 0 Å². The zero-order valence-corrected chi connectivity index (χ0v) is 12.4. The summed E-state index contributed by atoms with van der Waals surface area (Å²) < 4.78 is 5.09. The van der Waals surface area contributed by atoms with Gasteiger partial charge in [0.25, 0.3) is 11.6 Å². The SMILES string of the molecule is N#CCOc1ccc(NC(=O)c2ccc(Cl)cc2[N+](=O)[O-])cc1. The number of carbonyl (C=O) groups is 1. The fraction of sp³-hybridized carbons (Fsp3) is 0.0667. The van der Waals surface area contributed by atoms with Gasteiger partial charge in [0.2, 0.25) is 0 Å². The predicted molar refractivity (Wildman–Crippen MR) is 83.6 cm³/mol. The molecule has 2 aromatic rings. The summed E-state index contributed by atoms with van der Waals surface area (Å²) in [6.45, 7) is -0.0807. The van der Waals surface area contributed by atoms with Gasteiger partial charge in [-0.3, -0.25) is 14.9 Å². The maximum Gasteiger partial charge on any atom is 0.283 e. The van der Waals surface area contributed by atoms with Crippen LogP contribution in [0.15, 0.2) is 42.5 Å². The highest BCUT2D eigenvalue weighted by Crippen LogP contribution is 2.24. The van der Waals surface area contributed by atoms with Crippen molar-refractivity contribution in [2.45, 2.75) is 0 Å². The number of carbonyl (C=O) groups excluding carboxylic acids is 1. The molecule has 2 aromatic carbocycles. The Kier molecular flexibility index (Phi) is 5.12. The van der Waals surface area contributed by atoms with Crippen molar-refractivity contribution in [3.8, 4) is 11.8 Å². The molecule has 0 unspecified atom stereocenters. The summed E-state index contributed by atoms with van der Waals surface area (Å²) in [4.78, 5) is 22.5. The first-order valence-electron chi connectivity index (χ1n) is 6.36. The fourth-order valence-corrected chi connectivity index (χ4v) is 1.96. The van der Waals surface area contributed by atoms with Crippen molar-refractivity contribution in [1.82, 2.24) is 0 Å². The summed E-state index contributed by atoms with van der Waals surface area (Å²) >= 11 is 5.71. The number of hydrogen-bond acceptors (Lipinski definition) is 5. The highest BCUT2D eigenvalue weighted by molar-refractivity contribution is 6.31. The van der Waals surface area contributed by atoms with Gasteiger partial charge in [0.15, 0.2) is 6.61 Å². The average Bonchev–Trinajstić information content (AvgIpc) is 2.54. The van der Waals surface area contributed by atoms with E-state index in [9.17, 15) is 14.9 Å². The van der Waals surface area contributed by atoms with E-state index >= 15 is 0 Å². The first kappa shape index (κ1) is 16.3. The van der Waals surface area contributed by atoms with Crippen molar-refractivity contribution in [1.29, 1.82) is 5.26 Å². The summed E-state index contributed by atoms with van der Waals surface area (Å²) in [6.07, 6.45) is 0. The van der Waals surface area contributed by atoms with Crippen LogP contribution in [0.4, 0.5) is 11.4 Å². The van der Waals surface area contributed by atoms with Gasteiger partial charge in [0.1, 0.15) is 17.4 Å². The fourth-order valence-electron chi connectivity index (χ4n) is 1.80. The van der Waals surface area contributed by atoms with E-state index in [1.165, 1.54) is 12.1 Å². The second kappa shape index (κ2) is 7.24. The number of nitrogens with zero attached hydrogens (tertiary/aromatic N) is 2. The number of benzene rings is 2. The molecule has 7 nitrogen and oxygen atoms in total. The molecule has 0 radical (unpaired) electrons. The number of anilines is 1. The van der Waals surface area contributed by atoms with Crippen LogP contribution in [0.2, 0.25) is 5.02 Å². The third-order valence-corrected chi connectivity index (χ3v) is 3.05. The first-order valence-corrected chi connectivity index (χ1v) is 6.74. The van der Waals surface area contributed by atoms with Crippen molar-refractivity contribution in [3.63, 3.8) is 0 Å². The predicted octanol–water partition coefficient (Wildman–Crippen LogP) is 3.40. The lowest BCUT2D eigenvalue weighted by molar-refractivity contribution is -0.385. The van der Waals surface area contributed by atoms with Crippen LogP contribution < -0.4 is 10.1 Å². The van der Waals surface area contributed by atoms with Gasteiger partial charge < -0.3 is 10.1 Å². The molecule has 0 atom stereocenters. The van der Waals surface area contributed by atoms with Crippen LogP contribution in [-0.4, -0.2) is 17.4 Å². The smallest absolute Gasteiger partial charge is 0.283 e.